The van der Waals surface area contributed by atoms with Crippen LogP contribution in [0.1, 0.15) is 37.9 Å². The van der Waals surface area contributed by atoms with E-state index in [4.69, 9.17) is 21.1 Å². The molecule has 0 saturated carbocycles. The van der Waals surface area contributed by atoms with E-state index in [0.717, 1.165) is 4.47 Å². The van der Waals surface area contributed by atoms with Gasteiger partial charge in [-0.1, -0.05) is 57.1 Å². The lowest BCUT2D eigenvalue weighted by Gasteiger charge is -2.25. The van der Waals surface area contributed by atoms with Crippen LogP contribution >= 0.6 is 38.9 Å². The van der Waals surface area contributed by atoms with E-state index in [2.05, 4.69) is 20.9 Å². The third-order valence-corrected chi connectivity index (χ3v) is 7.05. The quantitative estimate of drug-likeness (QED) is 0.337. The lowest BCUT2D eigenvalue weighted by molar-refractivity contribution is -0.139. The largest absolute Gasteiger partial charge is 0.463 e. The predicted octanol–water partition coefficient (Wildman–Crippen LogP) is 4.14. The number of nitrogens with zero attached hydrogens (tertiary/aromatic N) is 2. The Labute approximate surface area is 218 Å². The number of esters is 2. The van der Waals surface area contributed by atoms with E-state index in [-0.39, 0.29) is 17.7 Å². The number of halogens is 2. The Balaban J connectivity index is 1.98. The molecule has 0 fully saturated rings. The average molecular weight is 576 g/mol. The van der Waals surface area contributed by atoms with Gasteiger partial charge in [0.25, 0.3) is 5.56 Å². The fraction of sp³-hybridized carbons (Fsp3) is 0.200. The molecule has 180 valence electrons. The molecule has 4 rings (SSSR count). The van der Waals surface area contributed by atoms with Crippen LogP contribution < -0.4 is 19.6 Å². The molecule has 35 heavy (non-hydrogen) atoms. The van der Waals surface area contributed by atoms with Gasteiger partial charge in [0.15, 0.2) is 4.80 Å². The van der Waals surface area contributed by atoms with Crippen LogP contribution in [0.3, 0.4) is 0 Å². The second kappa shape index (κ2) is 10.3. The molecule has 1 unspecified atom stereocenters. The summed E-state index contributed by atoms with van der Waals surface area (Å²) in [7, 11) is 0. The van der Waals surface area contributed by atoms with Crippen LogP contribution in [0.4, 0.5) is 0 Å². The fourth-order valence-electron chi connectivity index (χ4n) is 3.80. The van der Waals surface area contributed by atoms with Crippen molar-refractivity contribution in [2.75, 3.05) is 6.61 Å². The highest BCUT2D eigenvalue weighted by molar-refractivity contribution is 9.10. The van der Waals surface area contributed by atoms with Crippen molar-refractivity contribution in [1.82, 2.24) is 4.57 Å². The molecule has 0 bridgehead atoms. The molecule has 7 nitrogen and oxygen atoms in total. The maximum atomic E-state index is 13.7. The van der Waals surface area contributed by atoms with Gasteiger partial charge in [-0.05, 0) is 49.8 Å². The molecule has 1 atom stereocenters. The van der Waals surface area contributed by atoms with Crippen LogP contribution in [0.15, 0.2) is 68.0 Å². The molecule has 0 N–H and O–H groups in total. The molecular formula is C25H20BrClN2O5S. The summed E-state index contributed by atoms with van der Waals surface area (Å²) in [6, 6.07) is 11.4. The van der Waals surface area contributed by atoms with Crippen LogP contribution in [-0.4, -0.2) is 23.1 Å². The zero-order chi connectivity index (χ0) is 25.3. The minimum Gasteiger partial charge on any atom is -0.463 e. The summed E-state index contributed by atoms with van der Waals surface area (Å²) in [5.41, 5.74) is 1.46. The number of carbonyl (C=O) groups is 2. The number of fused-ring (bicyclic) bond motifs is 1. The molecule has 2 heterocycles. The van der Waals surface area contributed by atoms with Gasteiger partial charge in [-0.2, -0.15) is 0 Å². The first-order valence-electron chi connectivity index (χ1n) is 10.6. The zero-order valence-electron chi connectivity index (χ0n) is 19.0. The molecule has 1 aliphatic heterocycles. The van der Waals surface area contributed by atoms with Crippen molar-refractivity contribution >= 4 is 56.9 Å². The number of benzene rings is 2. The Morgan fingerprint density at radius 3 is 2.69 bits per heavy atom. The Morgan fingerprint density at radius 2 is 2.00 bits per heavy atom. The van der Waals surface area contributed by atoms with Crippen molar-refractivity contribution in [1.29, 1.82) is 0 Å². The number of rotatable bonds is 5. The summed E-state index contributed by atoms with van der Waals surface area (Å²) in [5, 5.41) is 0.410. The van der Waals surface area contributed by atoms with E-state index in [9.17, 15) is 14.4 Å². The van der Waals surface area contributed by atoms with Crippen LogP contribution in [0, 0.1) is 0 Å². The molecule has 0 aliphatic carbocycles. The molecule has 0 saturated heterocycles. The molecule has 3 aromatic rings. The number of aromatic nitrogens is 1. The average Bonchev–Trinajstić information content (AvgIpc) is 3.09. The van der Waals surface area contributed by atoms with Gasteiger partial charge in [-0.15, -0.1) is 0 Å². The van der Waals surface area contributed by atoms with E-state index in [1.54, 1.807) is 62.4 Å². The highest BCUT2D eigenvalue weighted by Crippen LogP contribution is 2.34. The summed E-state index contributed by atoms with van der Waals surface area (Å²) in [5.74, 6) is -0.716. The topological polar surface area (TPSA) is 87.0 Å². The minimum atomic E-state index is -0.809. The van der Waals surface area contributed by atoms with Crippen molar-refractivity contribution in [3.63, 3.8) is 0 Å². The molecule has 10 heteroatoms. The fourth-order valence-corrected chi connectivity index (χ4v) is 5.46. The van der Waals surface area contributed by atoms with Crippen molar-refractivity contribution in [3.05, 3.63) is 94.0 Å². The summed E-state index contributed by atoms with van der Waals surface area (Å²) < 4.78 is 13.2. The van der Waals surface area contributed by atoms with Gasteiger partial charge < -0.3 is 9.47 Å². The van der Waals surface area contributed by atoms with Gasteiger partial charge in [0.2, 0.25) is 0 Å². The van der Waals surface area contributed by atoms with E-state index in [1.807, 2.05) is 0 Å². The van der Waals surface area contributed by atoms with Crippen molar-refractivity contribution in [3.8, 4) is 5.75 Å². The van der Waals surface area contributed by atoms with E-state index in [1.165, 1.54) is 22.8 Å². The highest BCUT2D eigenvalue weighted by atomic mass is 79.9. The standard InChI is InChI=1S/C25H20BrClN2O5S/c1-4-33-24(32)21-13(2)28-25-29(22(21)17-7-5-6-8-18(17)27)23(31)20(35-25)12-15-11-16(26)9-10-19(15)34-14(3)30/h5-12,22H,4H2,1-3H3/b20-12-. The number of ether oxygens (including phenoxy) is 2. The number of hydrogen-bond donors (Lipinski definition) is 0. The summed E-state index contributed by atoms with van der Waals surface area (Å²) in [6.45, 7) is 4.91. The Kier molecular flexibility index (Phi) is 7.39. The maximum Gasteiger partial charge on any atom is 0.338 e. The normalized spacial score (nSPS) is 15.5. The minimum absolute atomic E-state index is 0.178. The third-order valence-electron chi connectivity index (χ3n) is 5.23. The van der Waals surface area contributed by atoms with E-state index >= 15 is 0 Å². The second-order valence-corrected chi connectivity index (χ2v) is 9.93. The van der Waals surface area contributed by atoms with Gasteiger partial charge in [0, 0.05) is 22.0 Å². The number of thiazole rings is 1. The number of allylic oxidation sites excluding steroid dienone is 1. The van der Waals surface area contributed by atoms with E-state index in [0.29, 0.717) is 36.9 Å². The van der Waals surface area contributed by atoms with Gasteiger partial charge in [-0.3, -0.25) is 14.2 Å². The molecule has 2 aromatic carbocycles. The first-order chi connectivity index (χ1) is 16.7. The van der Waals surface area contributed by atoms with Gasteiger partial charge in [-0.25, -0.2) is 9.79 Å². The molecule has 1 aromatic heterocycles. The maximum absolute atomic E-state index is 13.7. The summed E-state index contributed by atoms with van der Waals surface area (Å²) >= 11 is 11.1. The number of carbonyl (C=O) groups excluding carboxylic acids is 2. The lowest BCUT2D eigenvalue weighted by Crippen LogP contribution is -2.40. The molecular weight excluding hydrogens is 556 g/mol. The van der Waals surface area contributed by atoms with Gasteiger partial charge >= 0.3 is 11.9 Å². The van der Waals surface area contributed by atoms with Crippen molar-refractivity contribution in [2.24, 2.45) is 4.99 Å². The van der Waals surface area contributed by atoms with Crippen LogP contribution in [0.25, 0.3) is 6.08 Å². The second-order valence-electron chi connectivity index (χ2n) is 7.60. The van der Waals surface area contributed by atoms with Crippen LogP contribution in [-0.2, 0) is 14.3 Å². The predicted molar refractivity (Wildman–Crippen MR) is 137 cm³/mol. The van der Waals surface area contributed by atoms with Crippen LogP contribution in [0.2, 0.25) is 5.02 Å². The first kappa shape index (κ1) is 25.1. The molecule has 1 aliphatic rings. The monoisotopic (exact) mass is 574 g/mol. The third kappa shape index (κ3) is 5.03. The molecule has 0 radical (unpaired) electrons. The lowest BCUT2D eigenvalue weighted by atomic mass is 9.96. The molecule has 0 spiro atoms. The number of hydrogen-bond acceptors (Lipinski definition) is 7. The SMILES string of the molecule is CCOC(=O)C1=C(C)N=c2s/c(=C\c3cc(Br)ccc3OC(C)=O)c(=O)n2C1c1ccccc1Cl. The van der Waals surface area contributed by atoms with Crippen molar-refractivity contribution < 1.29 is 19.1 Å². The zero-order valence-corrected chi connectivity index (χ0v) is 22.2. The summed E-state index contributed by atoms with van der Waals surface area (Å²) in [4.78, 5) is 43.2. The Bertz CT molecular complexity index is 1560. The smallest absolute Gasteiger partial charge is 0.338 e. The van der Waals surface area contributed by atoms with Crippen molar-refractivity contribution in [2.45, 2.75) is 26.8 Å². The Hall–Kier alpha value is -3.01. The van der Waals surface area contributed by atoms with Crippen LogP contribution in [0.5, 0.6) is 5.75 Å². The summed E-state index contributed by atoms with van der Waals surface area (Å²) in [6.07, 6.45) is 1.64. The molecule has 0 amide bonds. The van der Waals surface area contributed by atoms with Gasteiger partial charge in [0.1, 0.15) is 11.8 Å². The Morgan fingerprint density at radius 1 is 1.26 bits per heavy atom. The van der Waals surface area contributed by atoms with E-state index < -0.39 is 18.0 Å². The highest BCUT2D eigenvalue weighted by Gasteiger charge is 2.34. The first-order valence-corrected chi connectivity index (χ1v) is 12.6. The van der Waals surface area contributed by atoms with Gasteiger partial charge in [0.05, 0.1) is 22.4 Å².